The lowest BCUT2D eigenvalue weighted by molar-refractivity contribution is 0.466. The second kappa shape index (κ2) is 4.30. The molecule has 1 aromatic heterocycles. The van der Waals surface area contributed by atoms with Crippen molar-refractivity contribution in [1.82, 2.24) is 8.75 Å². The van der Waals surface area contributed by atoms with Gasteiger partial charge in [0.15, 0.2) is 0 Å². The summed E-state index contributed by atoms with van der Waals surface area (Å²) in [5, 5.41) is 0.305. The van der Waals surface area contributed by atoms with Gasteiger partial charge < -0.3 is 4.74 Å². The summed E-state index contributed by atoms with van der Waals surface area (Å²) in [5.41, 5.74) is 0. The minimum atomic E-state index is -0.435. The van der Waals surface area contributed by atoms with Gasteiger partial charge in [0.05, 0.1) is 16.8 Å². The van der Waals surface area contributed by atoms with E-state index in [1.807, 2.05) is 0 Å². The van der Waals surface area contributed by atoms with Gasteiger partial charge >= 0.3 is 0 Å². The van der Waals surface area contributed by atoms with E-state index in [1.54, 1.807) is 0 Å². The highest BCUT2D eigenvalue weighted by Crippen LogP contribution is 2.32. The van der Waals surface area contributed by atoms with Crippen LogP contribution in [0.1, 0.15) is 0 Å². The average molecular weight is 265 g/mol. The summed E-state index contributed by atoms with van der Waals surface area (Å²) in [6.45, 7) is 0. The molecule has 15 heavy (non-hydrogen) atoms. The smallest absolute Gasteiger partial charge is 0.270 e. The monoisotopic (exact) mass is 264 g/mol. The van der Waals surface area contributed by atoms with Crippen LogP contribution >= 0.6 is 34.9 Å². The van der Waals surface area contributed by atoms with E-state index in [1.165, 1.54) is 12.1 Å². The molecule has 0 aliphatic carbocycles. The summed E-state index contributed by atoms with van der Waals surface area (Å²) < 4.78 is 25.5. The Labute approximate surface area is 98.7 Å². The molecule has 0 N–H and O–H groups in total. The number of hydrogen-bond donors (Lipinski definition) is 0. The first-order valence-electron chi connectivity index (χ1n) is 3.78. The van der Waals surface area contributed by atoms with Crippen molar-refractivity contribution in [3.8, 4) is 11.6 Å². The highest BCUT2D eigenvalue weighted by atomic mass is 35.5. The Bertz CT molecular complexity index is 491. The van der Waals surface area contributed by atoms with Gasteiger partial charge in [0, 0.05) is 0 Å². The van der Waals surface area contributed by atoms with Gasteiger partial charge in [-0.3, -0.25) is 0 Å². The van der Waals surface area contributed by atoms with E-state index < -0.39 is 5.82 Å². The van der Waals surface area contributed by atoms with Gasteiger partial charge in [-0.2, -0.15) is 4.37 Å². The SMILES string of the molecule is Fc1ccc(Oc2nsnc2Cl)c(Cl)c1. The Kier molecular flexibility index (Phi) is 3.04. The molecule has 0 saturated carbocycles. The van der Waals surface area contributed by atoms with Gasteiger partial charge in [-0.05, 0) is 18.2 Å². The molecule has 1 heterocycles. The number of nitrogens with zero attached hydrogens (tertiary/aromatic N) is 2. The molecule has 2 rings (SSSR count). The Balaban J connectivity index is 2.29. The Morgan fingerprint density at radius 1 is 1.27 bits per heavy atom. The molecule has 0 aliphatic rings. The largest absolute Gasteiger partial charge is 0.434 e. The predicted molar refractivity (Wildman–Crippen MR) is 56.4 cm³/mol. The first kappa shape index (κ1) is 10.6. The molecule has 0 saturated heterocycles. The highest BCUT2D eigenvalue weighted by Gasteiger charge is 2.10. The fourth-order valence-corrected chi connectivity index (χ4v) is 1.71. The predicted octanol–water partition coefficient (Wildman–Crippen LogP) is 3.78. The summed E-state index contributed by atoms with van der Waals surface area (Å²) in [7, 11) is 0. The molecule has 0 amide bonds. The van der Waals surface area contributed by atoms with Crippen LogP contribution in [-0.2, 0) is 0 Å². The van der Waals surface area contributed by atoms with Crippen LogP contribution in [0.5, 0.6) is 11.6 Å². The maximum absolute atomic E-state index is 12.7. The van der Waals surface area contributed by atoms with E-state index in [9.17, 15) is 4.39 Å². The molecule has 3 nitrogen and oxygen atoms in total. The molecule has 0 spiro atoms. The normalized spacial score (nSPS) is 10.3. The molecule has 1 aromatic carbocycles. The molecule has 0 unspecified atom stereocenters. The minimum absolute atomic E-state index is 0.152. The molecule has 0 atom stereocenters. The maximum atomic E-state index is 12.7. The summed E-state index contributed by atoms with van der Waals surface area (Å²) in [6, 6.07) is 3.77. The van der Waals surface area contributed by atoms with Crippen LogP contribution in [0.15, 0.2) is 18.2 Å². The summed E-state index contributed by atoms with van der Waals surface area (Å²) in [5.74, 6) is 0.0118. The quantitative estimate of drug-likeness (QED) is 0.828. The van der Waals surface area contributed by atoms with E-state index in [0.29, 0.717) is 0 Å². The average Bonchev–Trinajstić information content (AvgIpc) is 2.57. The first-order valence-corrected chi connectivity index (χ1v) is 5.26. The van der Waals surface area contributed by atoms with Gasteiger partial charge in [0.2, 0.25) is 5.15 Å². The van der Waals surface area contributed by atoms with Crippen molar-refractivity contribution in [3.63, 3.8) is 0 Å². The van der Waals surface area contributed by atoms with Crippen LogP contribution in [0, 0.1) is 5.82 Å². The van der Waals surface area contributed by atoms with Crippen molar-refractivity contribution in [2.24, 2.45) is 0 Å². The molecule has 7 heteroatoms. The second-order valence-corrected chi connectivity index (χ2v) is 3.83. The van der Waals surface area contributed by atoms with Crippen LogP contribution in [0.2, 0.25) is 10.2 Å². The fraction of sp³-hybridized carbons (Fsp3) is 0. The van der Waals surface area contributed by atoms with Crippen molar-refractivity contribution in [2.75, 3.05) is 0 Å². The third-order valence-corrected chi connectivity index (χ3v) is 2.68. The summed E-state index contributed by atoms with van der Waals surface area (Å²) in [4.78, 5) is 0. The van der Waals surface area contributed by atoms with E-state index >= 15 is 0 Å². The molecule has 0 radical (unpaired) electrons. The fourth-order valence-electron chi connectivity index (χ4n) is 0.893. The maximum Gasteiger partial charge on any atom is 0.270 e. The van der Waals surface area contributed by atoms with Crippen LogP contribution in [-0.4, -0.2) is 8.75 Å². The summed E-state index contributed by atoms with van der Waals surface area (Å²) in [6.07, 6.45) is 0. The molecular formula is C8H3Cl2FN2OS. The minimum Gasteiger partial charge on any atom is -0.434 e. The molecule has 0 aliphatic heterocycles. The molecule has 0 bridgehead atoms. The third-order valence-electron chi connectivity index (χ3n) is 1.52. The van der Waals surface area contributed by atoms with E-state index in [0.717, 1.165) is 17.8 Å². The van der Waals surface area contributed by atoms with Crippen LogP contribution < -0.4 is 4.74 Å². The van der Waals surface area contributed by atoms with Gasteiger partial charge in [-0.1, -0.05) is 23.2 Å². The number of hydrogen-bond acceptors (Lipinski definition) is 4. The van der Waals surface area contributed by atoms with Crippen molar-refractivity contribution in [3.05, 3.63) is 34.2 Å². The van der Waals surface area contributed by atoms with E-state index in [-0.39, 0.29) is 21.8 Å². The lowest BCUT2D eigenvalue weighted by Crippen LogP contribution is -1.86. The van der Waals surface area contributed by atoms with Gasteiger partial charge in [-0.15, -0.1) is 4.37 Å². The first-order chi connectivity index (χ1) is 7.16. The zero-order valence-electron chi connectivity index (χ0n) is 7.08. The number of rotatable bonds is 2. The van der Waals surface area contributed by atoms with Crippen LogP contribution in [0.25, 0.3) is 0 Å². The van der Waals surface area contributed by atoms with Crippen molar-refractivity contribution < 1.29 is 9.13 Å². The van der Waals surface area contributed by atoms with E-state index in [2.05, 4.69) is 8.75 Å². The zero-order valence-corrected chi connectivity index (χ0v) is 9.41. The lowest BCUT2D eigenvalue weighted by atomic mass is 10.3. The zero-order chi connectivity index (χ0) is 10.8. The Hall–Kier alpha value is -0.910. The third kappa shape index (κ3) is 2.37. The second-order valence-electron chi connectivity index (χ2n) is 2.54. The number of benzene rings is 1. The lowest BCUT2D eigenvalue weighted by Gasteiger charge is -2.03. The topological polar surface area (TPSA) is 35.0 Å². The standard InChI is InChI=1S/C8H3Cl2FN2OS/c9-5-3-4(11)1-2-6(5)14-8-7(10)12-15-13-8/h1-3H. The van der Waals surface area contributed by atoms with Crippen molar-refractivity contribution in [2.45, 2.75) is 0 Å². The number of aromatic nitrogens is 2. The molecular weight excluding hydrogens is 262 g/mol. The molecule has 78 valence electrons. The van der Waals surface area contributed by atoms with Gasteiger partial charge in [0.1, 0.15) is 11.6 Å². The highest BCUT2D eigenvalue weighted by molar-refractivity contribution is 6.99. The van der Waals surface area contributed by atoms with Gasteiger partial charge in [0.25, 0.3) is 5.88 Å². The van der Waals surface area contributed by atoms with Crippen molar-refractivity contribution in [1.29, 1.82) is 0 Å². The van der Waals surface area contributed by atoms with Crippen LogP contribution in [0.4, 0.5) is 4.39 Å². The Morgan fingerprint density at radius 3 is 2.67 bits per heavy atom. The van der Waals surface area contributed by atoms with Crippen LogP contribution in [0.3, 0.4) is 0 Å². The number of halogens is 3. The van der Waals surface area contributed by atoms with Gasteiger partial charge in [-0.25, -0.2) is 4.39 Å². The van der Waals surface area contributed by atoms with Crippen molar-refractivity contribution >= 4 is 34.9 Å². The summed E-state index contributed by atoms with van der Waals surface area (Å²) >= 11 is 12.3. The molecule has 2 aromatic rings. The van der Waals surface area contributed by atoms with E-state index in [4.69, 9.17) is 27.9 Å². The number of ether oxygens (including phenoxy) is 1. The molecule has 0 fully saturated rings. The Morgan fingerprint density at radius 2 is 2.07 bits per heavy atom.